The van der Waals surface area contributed by atoms with Crippen LogP contribution in [-0.4, -0.2) is 15.3 Å². The molecule has 1 heterocycles. The van der Waals surface area contributed by atoms with Gasteiger partial charge in [0.25, 0.3) is 0 Å². The molecule has 0 atom stereocenters. The Labute approximate surface area is 115 Å². The second-order valence-corrected chi connectivity index (χ2v) is 6.14. The van der Waals surface area contributed by atoms with Gasteiger partial charge in [-0.3, -0.25) is 0 Å². The van der Waals surface area contributed by atoms with Crippen LogP contribution in [-0.2, 0) is 6.54 Å². The van der Waals surface area contributed by atoms with E-state index in [0.29, 0.717) is 0 Å². The number of hydrogen-bond donors (Lipinski definition) is 1. The lowest BCUT2D eigenvalue weighted by Gasteiger charge is -2.22. The van der Waals surface area contributed by atoms with Gasteiger partial charge in [-0.15, -0.1) is 0 Å². The van der Waals surface area contributed by atoms with E-state index in [0.717, 1.165) is 17.9 Å². The molecule has 0 amide bonds. The smallest absolute Gasteiger partial charge is 0.0690 e. The molecule has 1 aromatic heterocycles. The third-order valence-electron chi connectivity index (χ3n) is 3.01. The molecule has 0 bridgehead atoms. The van der Waals surface area contributed by atoms with E-state index in [1.165, 1.54) is 11.1 Å². The van der Waals surface area contributed by atoms with Gasteiger partial charge in [-0.1, -0.05) is 17.7 Å². The van der Waals surface area contributed by atoms with Crippen LogP contribution in [0.2, 0.25) is 0 Å². The molecular formula is C16H23N3. The van der Waals surface area contributed by atoms with E-state index in [1.807, 2.05) is 23.9 Å². The molecule has 3 heteroatoms. The number of nitrogens with one attached hydrogen (secondary N) is 1. The summed E-state index contributed by atoms with van der Waals surface area (Å²) < 4.78 is 1.95. The first kappa shape index (κ1) is 13.8. The predicted octanol–water partition coefficient (Wildman–Crippen LogP) is 3.38. The fourth-order valence-electron chi connectivity index (χ4n) is 1.99. The van der Waals surface area contributed by atoms with Gasteiger partial charge in [-0.25, -0.2) is 4.68 Å². The van der Waals surface area contributed by atoms with Crippen LogP contribution in [0.4, 0.5) is 0 Å². The van der Waals surface area contributed by atoms with Crippen molar-refractivity contribution in [3.63, 3.8) is 0 Å². The van der Waals surface area contributed by atoms with Crippen LogP contribution in [0.3, 0.4) is 0 Å². The van der Waals surface area contributed by atoms with E-state index in [9.17, 15) is 0 Å². The average Bonchev–Trinajstić information content (AvgIpc) is 2.72. The third-order valence-corrected chi connectivity index (χ3v) is 3.01. The van der Waals surface area contributed by atoms with Crippen molar-refractivity contribution >= 4 is 0 Å². The highest BCUT2D eigenvalue weighted by molar-refractivity contribution is 5.43. The Morgan fingerprint density at radius 3 is 2.47 bits per heavy atom. The van der Waals surface area contributed by atoms with Crippen molar-refractivity contribution in [3.8, 4) is 5.69 Å². The first-order chi connectivity index (χ1) is 8.85. The summed E-state index contributed by atoms with van der Waals surface area (Å²) in [7, 11) is 0. The normalized spacial score (nSPS) is 11.8. The molecule has 1 N–H and O–H groups in total. The van der Waals surface area contributed by atoms with E-state index < -0.39 is 0 Å². The molecule has 0 unspecified atom stereocenters. The Morgan fingerprint density at radius 2 is 1.89 bits per heavy atom. The van der Waals surface area contributed by atoms with Crippen LogP contribution in [0.15, 0.2) is 30.5 Å². The van der Waals surface area contributed by atoms with Crippen molar-refractivity contribution in [1.82, 2.24) is 15.1 Å². The minimum absolute atomic E-state index is 0.112. The van der Waals surface area contributed by atoms with Crippen molar-refractivity contribution in [3.05, 3.63) is 47.3 Å². The molecule has 19 heavy (non-hydrogen) atoms. The van der Waals surface area contributed by atoms with Crippen molar-refractivity contribution < 1.29 is 0 Å². The summed E-state index contributed by atoms with van der Waals surface area (Å²) in [4.78, 5) is 0. The zero-order valence-electron chi connectivity index (χ0n) is 12.5. The molecule has 0 aliphatic heterocycles. The minimum atomic E-state index is 0.112. The summed E-state index contributed by atoms with van der Waals surface area (Å²) >= 11 is 0. The number of aromatic nitrogens is 2. The predicted molar refractivity (Wildman–Crippen MR) is 79.6 cm³/mol. The molecule has 1 aromatic carbocycles. The highest BCUT2D eigenvalue weighted by atomic mass is 15.3. The van der Waals surface area contributed by atoms with Gasteiger partial charge in [-0.05, 0) is 52.3 Å². The fourth-order valence-corrected chi connectivity index (χ4v) is 1.99. The second kappa shape index (κ2) is 5.17. The van der Waals surface area contributed by atoms with Gasteiger partial charge in [0, 0.05) is 18.3 Å². The van der Waals surface area contributed by atoms with Gasteiger partial charge in [0.1, 0.15) is 0 Å². The van der Waals surface area contributed by atoms with Crippen LogP contribution < -0.4 is 5.32 Å². The van der Waals surface area contributed by atoms with Gasteiger partial charge in [-0.2, -0.15) is 5.10 Å². The first-order valence-electron chi connectivity index (χ1n) is 6.72. The Bertz CT molecular complexity index is 562. The van der Waals surface area contributed by atoms with Crippen LogP contribution in [0.1, 0.15) is 37.6 Å². The monoisotopic (exact) mass is 257 g/mol. The molecule has 0 saturated carbocycles. The Morgan fingerprint density at radius 1 is 1.16 bits per heavy atom. The third kappa shape index (κ3) is 3.67. The molecule has 0 aliphatic carbocycles. The van der Waals surface area contributed by atoms with E-state index in [-0.39, 0.29) is 5.54 Å². The number of rotatable bonds is 3. The summed E-state index contributed by atoms with van der Waals surface area (Å²) in [6.07, 6.45) is 2.01. The summed E-state index contributed by atoms with van der Waals surface area (Å²) in [5.41, 5.74) is 4.85. The minimum Gasteiger partial charge on any atom is -0.308 e. The Balaban J connectivity index is 2.33. The van der Waals surface area contributed by atoms with Crippen molar-refractivity contribution in [2.45, 2.75) is 46.7 Å². The molecule has 0 aliphatic rings. The molecule has 0 radical (unpaired) electrons. The largest absolute Gasteiger partial charge is 0.308 e. The van der Waals surface area contributed by atoms with Crippen LogP contribution >= 0.6 is 0 Å². The molecule has 3 nitrogen and oxygen atoms in total. The lowest BCUT2D eigenvalue weighted by Crippen LogP contribution is -2.35. The summed E-state index contributed by atoms with van der Waals surface area (Å²) in [6.45, 7) is 11.5. The zero-order chi connectivity index (χ0) is 14.0. The van der Waals surface area contributed by atoms with E-state index >= 15 is 0 Å². The molecule has 0 spiro atoms. The number of benzene rings is 1. The zero-order valence-corrected chi connectivity index (χ0v) is 12.5. The molecule has 2 rings (SSSR count). The average molecular weight is 257 g/mol. The molecular weight excluding hydrogens is 234 g/mol. The summed E-state index contributed by atoms with van der Waals surface area (Å²) in [5.74, 6) is 0. The molecule has 0 fully saturated rings. The quantitative estimate of drug-likeness (QED) is 0.913. The van der Waals surface area contributed by atoms with Crippen LogP contribution in [0.5, 0.6) is 0 Å². The van der Waals surface area contributed by atoms with Gasteiger partial charge in [0.15, 0.2) is 0 Å². The number of aryl methyl sites for hydroxylation is 2. The van der Waals surface area contributed by atoms with Gasteiger partial charge < -0.3 is 5.32 Å². The van der Waals surface area contributed by atoms with Gasteiger partial charge in [0.05, 0.1) is 11.4 Å². The number of hydrogen-bond acceptors (Lipinski definition) is 2. The number of nitrogens with zero attached hydrogens (tertiary/aromatic N) is 2. The van der Waals surface area contributed by atoms with Crippen LogP contribution in [0, 0.1) is 13.8 Å². The first-order valence-corrected chi connectivity index (χ1v) is 6.72. The molecule has 2 aromatic rings. The Kier molecular flexibility index (Phi) is 3.76. The van der Waals surface area contributed by atoms with E-state index in [1.54, 1.807) is 0 Å². The molecule has 102 valence electrons. The maximum atomic E-state index is 4.50. The van der Waals surface area contributed by atoms with E-state index in [4.69, 9.17) is 0 Å². The standard InChI is InChI=1S/C16H23N3/c1-12-6-7-15(19-9-8-13(2)18-19)14(10-12)11-17-16(3,4)5/h6-10,17H,11H2,1-5H3. The summed E-state index contributed by atoms with van der Waals surface area (Å²) in [5, 5.41) is 8.05. The van der Waals surface area contributed by atoms with Crippen LogP contribution in [0.25, 0.3) is 5.69 Å². The summed E-state index contributed by atoms with van der Waals surface area (Å²) in [6, 6.07) is 8.53. The van der Waals surface area contributed by atoms with Crippen molar-refractivity contribution in [2.75, 3.05) is 0 Å². The maximum absolute atomic E-state index is 4.50. The van der Waals surface area contributed by atoms with E-state index in [2.05, 4.69) is 56.3 Å². The SMILES string of the molecule is Cc1ccc(-n2ccc(C)n2)c(CNC(C)(C)C)c1. The molecule has 0 saturated heterocycles. The highest BCUT2D eigenvalue weighted by Crippen LogP contribution is 2.17. The Hall–Kier alpha value is -1.61. The lowest BCUT2D eigenvalue weighted by atomic mass is 10.1. The maximum Gasteiger partial charge on any atom is 0.0690 e. The van der Waals surface area contributed by atoms with Gasteiger partial charge in [0.2, 0.25) is 0 Å². The fraction of sp³-hybridized carbons (Fsp3) is 0.438. The van der Waals surface area contributed by atoms with Crippen molar-refractivity contribution in [1.29, 1.82) is 0 Å². The lowest BCUT2D eigenvalue weighted by molar-refractivity contribution is 0.423. The highest BCUT2D eigenvalue weighted by Gasteiger charge is 2.11. The second-order valence-electron chi connectivity index (χ2n) is 6.14. The topological polar surface area (TPSA) is 29.9 Å². The van der Waals surface area contributed by atoms with Gasteiger partial charge >= 0.3 is 0 Å². The van der Waals surface area contributed by atoms with Crippen molar-refractivity contribution in [2.24, 2.45) is 0 Å².